The van der Waals surface area contributed by atoms with Crippen LogP contribution < -0.4 is 11.1 Å². The summed E-state index contributed by atoms with van der Waals surface area (Å²) >= 11 is 0. The summed E-state index contributed by atoms with van der Waals surface area (Å²) in [4.78, 5) is 0. The number of oxime groups is 1. The van der Waals surface area contributed by atoms with Crippen molar-refractivity contribution in [3.05, 3.63) is 0 Å². The molecule has 0 spiro atoms. The van der Waals surface area contributed by atoms with E-state index in [-0.39, 0.29) is 11.3 Å². The monoisotopic (exact) mass is 293 g/mol. The molecule has 0 bridgehead atoms. The van der Waals surface area contributed by atoms with Crippen molar-refractivity contribution in [2.45, 2.75) is 45.3 Å². The summed E-state index contributed by atoms with van der Waals surface area (Å²) in [6.07, 6.45) is 2.83. The Balaban J connectivity index is 4.09. The molecule has 4 N–H and O–H groups in total. The Morgan fingerprint density at radius 3 is 2.26 bits per heavy atom. The molecule has 0 heterocycles. The van der Waals surface area contributed by atoms with Crippen LogP contribution in [-0.2, 0) is 9.84 Å². The minimum atomic E-state index is -3.07. The van der Waals surface area contributed by atoms with Gasteiger partial charge in [0, 0.05) is 18.2 Å². The summed E-state index contributed by atoms with van der Waals surface area (Å²) in [6, 6.07) is 0. The van der Waals surface area contributed by atoms with E-state index in [4.69, 9.17) is 10.9 Å². The fourth-order valence-electron chi connectivity index (χ4n) is 1.44. The second-order valence-corrected chi connectivity index (χ2v) is 8.83. The topological polar surface area (TPSA) is 105 Å². The highest BCUT2D eigenvalue weighted by molar-refractivity contribution is 7.92. The summed E-state index contributed by atoms with van der Waals surface area (Å²) in [5, 5.41) is 14.8. The molecule has 0 unspecified atom stereocenters. The van der Waals surface area contributed by atoms with E-state index < -0.39 is 14.6 Å². The first-order valence-electron chi connectivity index (χ1n) is 6.32. The Labute approximate surface area is 116 Å². The molecule has 0 saturated carbocycles. The SMILES string of the molecule is CC(C)(CCCNCC(C)(C)S(C)(=O)=O)C(N)=NO. The molecule has 0 aromatic heterocycles. The zero-order valence-corrected chi connectivity index (χ0v) is 13.3. The standard InChI is InChI=1S/C12H27N3O3S/c1-11(2,10(13)15-16)7-6-8-14-9-12(3,4)19(5,17)18/h14,16H,6-9H2,1-5H3,(H2,13,15). The van der Waals surface area contributed by atoms with Crippen LogP contribution in [-0.4, -0.2) is 43.6 Å². The lowest BCUT2D eigenvalue weighted by molar-refractivity contribution is 0.304. The van der Waals surface area contributed by atoms with Gasteiger partial charge in [-0.2, -0.15) is 0 Å². The van der Waals surface area contributed by atoms with Gasteiger partial charge in [-0.15, -0.1) is 0 Å². The van der Waals surface area contributed by atoms with Crippen molar-refractivity contribution >= 4 is 15.7 Å². The maximum absolute atomic E-state index is 11.5. The van der Waals surface area contributed by atoms with Gasteiger partial charge in [-0.05, 0) is 33.2 Å². The number of hydrogen-bond acceptors (Lipinski definition) is 5. The molecule has 0 rings (SSSR count). The molecule has 0 aliphatic carbocycles. The number of nitrogens with two attached hydrogens (primary N) is 1. The van der Waals surface area contributed by atoms with Crippen molar-refractivity contribution in [1.82, 2.24) is 5.32 Å². The average molecular weight is 293 g/mol. The summed E-state index contributed by atoms with van der Waals surface area (Å²) < 4.78 is 22.2. The van der Waals surface area contributed by atoms with Gasteiger partial charge in [-0.3, -0.25) is 0 Å². The molecule has 0 atom stereocenters. The quantitative estimate of drug-likeness (QED) is 0.203. The zero-order chi connectivity index (χ0) is 15.3. The van der Waals surface area contributed by atoms with Crippen LogP contribution in [0.4, 0.5) is 0 Å². The summed E-state index contributed by atoms with van der Waals surface area (Å²) in [7, 11) is -3.07. The maximum atomic E-state index is 11.5. The van der Waals surface area contributed by atoms with Crippen LogP contribution in [0.25, 0.3) is 0 Å². The molecule has 7 heteroatoms. The Kier molecular flexibility index (Phi) is 6.28. The Bertz CT molecular complexity index is 414. The van der Waals surface area contributed by atoms with Gasteiger partial charge >= 0.3 is 0 Å². The Morgan fingerprint density at radius 2 is 1.84 bits per heavy atom. The van der Waals surface area contributed by atoms with E-state index >= 15 is 0 Å². The summed E-state index contributed by atoms with van der Waals surface area (Å²) in [5.41, 5.74) is 5.23. The number of amidine groups is 1. The molecule has 0 aromatic rings. The minimum absolute atomic E-state index is 0.212. The second-order valence-electron chi connectivity index (χ2n) is 6.18. The van der Waals surface area contributed by atoms with Gasteiger partial charge in [0.05, 0.1) is 4.75 Å². The summed E-state index contributed by atoms with van der Waals surface area (Å²) in [5.74, 6) is 0.212. The van der Waals surface area contributed by atoms with E-state index in [1.54, 1.807) is 13.8 Å². The zero-order valence-electron chi connectivity index (χ0n) is 12.5. The minimum Gasteiger partial charge on any atom is -0.409 e. The molecular weight excluding hydrogens is 266 g/mol. The largest absolute Gasteiger partial charge is 0.409 e. The van der Waals surface area contributed by atoms with Gasteiger partial charge in [-0.1, -0.05) is 19.0 Å². The van der Waals surface area contributed by atoms with E-state index in [9.17, 15) is 8.42 Å². The van der Waals surface area contributed by atoms with Crippen molar-refractivity contribution in [1.29, 1.82) is 0 Å². The smallest absolute Gasteiger partial charge is 0.153 e. The van der Waals surface area contributed by atoms with Gasteiger partial charge < -0.3 is 16.3 Å². The van der Waals surface area contributed by atoms with Gasteiger partial charge in [-0.25, -0.2) is 8.42 Å². The van der Waals surface area contributed by atoms with Crippen molar-refractivity contribution < 1.29 is 13.6 Å². The van der Waals surface area contributed by atoms with E-state index in [1.807, 2.05) is 13.8 Å². The van der Waals surface area contributed by atoms with Gasteiger partial charge in [0.2, 0.25) is 0 Å². The average Bonchev–Trinajstić information content (AvgIpc) is 2.25. The van der Waals surface area contributed by atoms with E-state index in [0.29, 0.717) is 13.1 Å². The molecule has 0 aliphatic heterocycles. The Morgan fingerprint density at radius 1 is 1.32 bits per heavy atom. The lowest BCUT2D eigenvalue weighted by Crippen LogP contribution is -2.42. The highest BCUT2D eigenvalue weighted by atomic mass is 32.2. The normalized spacial score (nSPS) is 14.7. The third kappa shape index (κ3) is 5.78. The molecule has 0 fully saturated rings. The fraction of sp³-hybridized carbons (Fsp3) is 0.917. The molecule has 0 aromatic carbocycles. The van der Waals surface area contributed by atoms with E-state index in [0.717, 1.165) is 12.8 Å². The first-order chi connectivity index (χ1) is 8.44. The van der Waals surface area contributed by atoms with Crippen LogP contribution >= 0.6 is 0 Å². The predicted molar refractivity (Wildman–Crippen MR) is 78.2 cm³/mol. The molecular formula is C12H27N3O3S. The predicted octanol–water partition coefficient (Wildman–Crippen LogP) is 0.952. The molecule has 6 nitrogen and oxygen atoms in total. The second kappa shape index (κ2) is 6.56. The van der Waals surface area contributed by atoms with Crippen LogP contribution in [0.1, 0.15) is 40.5 Å². The van der Waals surface area contributed by atoms with Crippen LogP contribution in [0.2, 0.25) is 0 Å². The van der Waals surface area contributed by atoms with Gasteiger partial charge in [0.15, 0.2) is 9.84 Å². The van der Waals surface area contributed by atoms with Crippen LogP contribution in [0.5, 0.6) is 0 Å². The maximum Gasteiger partial charge on any atom is 0.153 e. The third-order valence-corrected chi connectivity index (χ3v) is 5.66. The highest BCUT2D eigenvalue weighted by Crippen LogP contribution is 2.22. The molecule has 0 aliphatic rings. The fourth-order valence-corrected chi connectivity index (χ4v) is 1.80. The first-order valence-corrected chi connectivity index (χ1v) is 8.21. The number of hydrogen-bond donors (Lipinski definition) is 3. The molecule has 114 valence electrons. The lowest BCUT2D eigenvalue weighted by Gasteiger charge is -2.25. The summed E-state index contributed by atoms with van der Waals surface area (Å²) in [6.45, 7) is 8.33. The van der Waals surface area contributed by atoms with Gasteiger partial charge in [0.1, 0.15) is 5.84 Å². The van der Waals surface area contributed by atoms with Crippen LogP contribution in [0, 0.1) is 5.41 Å². The van der Waals surface area contributed by atoms with Crippen molar-refractivity contribution in [3.8, 4) is 0 Å². The molecule has 0 amide bonds. The van der Waals surface area contributed by atoms with Crippen molar-refractivity contribution in [3.63, 3.8) is 0 Å². The first kappa shape index (κ1) is 18.2. The Hall–Kier alpha value is -0.820. The third-order valence-electron chi connectivity index (χ3n) is 3.51. The van der Waals surface area contributed by atoms with Crippen LogP contribution in [0.15, 0.2) is 5.16 Å². The number of nitrogens with zero attached hydrogens (tertiary/aromatic N) is 1. The van der Waals surface area contributed by atoms with Gasteiger partial charge in [0.25, 0.3) is 0 Å². The lowest BCUT2D eigenvalue weighted by atomic mass is 9.86. The highest BCUT2D eigenvalue weighted by Gasteiger charge is 2.29. The molecule has 0 radical (unpaired) electrons. The number of sulfone groups is 1. The van der Waals surface area contributed by atoms with Crippen LogP contribution in [0.3, 0.4) is 0 Å². The van der Waals surface area contributed by atoms with Crippen molar-refractivity contribution in [2.24, 2.45) is 16.3 Å². The van der Waals surface area contributed by atoms with Crippen molar-refractivity contribution in [2.75, 3.05) is 19.3 Å². The van der Waals surface area contributed by atoms with E-state index in [1.165, 1.54) is 6.26 Å². The van der Waals surface area contributed by atoms with E-state index in [2.05, 4.69) is 10.5 Å². The number of rotatable bonds is 8. The number of nitrogens with one attached hydrogen (secondary N) is 1. The molecule has 0 saturated heterocycles. The molecule has 19 heavy (non-hydrogen) atoms.